The summed E-state index contributed by atoms with van der Waals surface area (Å²) in [5.41, 5.74) is 7.44. The summed E-state index contributed by atoms with van der Waals surface area (Å²) < 4.78 is 28.3. The highest BCUT2D eigenvalue weighted by Crippen LogP contribution is 2.41. The molecule has 3 nitrogen and oxygen atoms in total. The molecule has 7 rings (SSSR count). The lowest BCUT2D eigenvalue weighted by molar-refractivity contribution is 0.627. The number of nitrogens with zero attached hydrogens (tertiary/aromatic N) is 3. The Kier molecular flexibility index (Phi) is 6.89. The van der Waals surface area contributed by atoms with Crippen molar-refractivity contribution in [2.24, 2.45) is 0 Å². The smallest absolute Gasteiger partial charge is 0.160 e. The molecule has 5 heteroatoms. The van der Waals surface area contributed by atoms with Crippen molar-refractivity contribution in [1.29, 1.82) is 0 Å². The number of fused-ring (bicyclic) bond motifs is 1. The number of para-hydroxylation sites is 1. The molecule has 0 saturated carbocycles. The number of aromatic nitrogens is 2. The second kappa shape index (κ2) is 11.3. The average Bonchev–Trinajstić information content (AvgIpc) is 3.06. The Morgan fingerprint density at radius 1 is 0.442 bits per heavy atom. The van der Waals surface area contributed by atoms with E-state index in [1.54, 1.807) is 18.2 Å². The van der Waals surface area contributed by atoms with Crippen molar-refractivity contribution >= 4 is 28.0 Å². The molecule has 0 bridgehead atoms. The normalized spacial score (nSPS) is 11.0. The van der Waals surface area contributed by atoms with Gasteiger partial charge in [-0.3, -0.25) is 0 Å². The maximum atomic E-state index is 14.1. The van der Waals surface area contributed by atoms with Crippen LogP contribution in [-0.2, 0) is 0 Å². The van der Waals surface area contributed by atoms with E-state index < -0.39 is 0 Å². The lowest BCUT2D eigenvalue weighted by Gasteiger charge is -2.27. The summed E-state index contributed by atoms with van der Waals surface area (Å²) in [7, 11) is 0. The summed E-state index contributed by atoms with van der Waals surface area (Å²) in [5.74, 6) is -0.0203. The van der Waals surface area contributed by atoms with E-state index in [2.05, 4.69) is 4.90 Å². The van der Waals surface area contributed by atoms with Crippen LogP contribution in [0.1, 0.15) is 0 Å². The predicted molar refractivity (Wildman–Crippen MR) is 170 cm³/mol. The van der Waals surface area contributed by atoms with Crippen LogP contribution in [0, 0.1) is 11.6 Å². The van der Waals surface area contributed by atoms with E-state index in [4.69, 9.17) is 9.97 Å². The third-order valence-electron chi connectivity index (χ3n) is 7.37. The van der Waals surface area contributed by atoms with Crippen molar-refractivity contribution in [1.82, 2.24) is 9.97 Å². The van der Waals surface area contributed by atoms with Crippen LogP contribution in [0.25, 0.3) is 44.7 Å². The number of rotatable bonds is 6. The summed E-state index contributed by atoms with van der Waals surface area (Å²) in [4.78, 5) is 12.2. The van der Waals surface area contributed by atoms with Gasteiger partial charge in [0, 0.05) is 27.9 Å². The Hall–Kier alpha value is -5.68. The molecule has 6 aromatic carbocycles. The molecule has 206 valence electrons. The number of hydrogen-bond donors (Lipinski definition) is 0. The molecule has 0 fully saturated rings. The van der Waals surface area contributed by atoms with Gasteiger partial charge < -0.3 is 4.90 Å². The molecule has 0 atom stereocenters. The van der Waals surface area contributed by atoms with Crippen LogP contribution in [0.3, 0.4) is 0 Å². The fraction of sp³-hybridized carbons (Fsp3) is 0. The van der Waals surface area contributed by atoms with Crippen molar-refractivity contribution in [3.63, 3.8) is 0 Å². The molecule has 0 radical (unpaired) electrons. The molecule has 0 N–H and O–H groups in total. The van der Waals surface area contributed by atoms with Gasteiger partial charge in [0.15, 0.2) is 5.82 Å². The van der Waals surface area contributed by atoms with Gasteiger partial charge in [0.25, 0.3) is 0 Å². The molecule has 1 heterocycles. The maximum Gasteiger partial charge on any atom is 0.160 e. The van der Waals surface area contributed by atoms with Gasteiger partial charge in [-0.15, -0.1) is 0 Å². The molecule has 1 aromatic heterocycles. The SMILES string of the molecule is Fc1ccc(N(c2cccc(-c3cccc(F)c3)c2)c2cccc3c(-c4ccccc4)nc(-c4ccccc4)nc23)cc1. The highest BCUT2D eigenvalue weighted by molar-refractivity contribution is 6.03. The zero-order valence-electron chi connectivity index (χ0n) is 23.0. The van der Waals surface area contributed by atoms with E-state index in [1.165, 1.54) is 24.3 Å². The summed E-state index contributed by atoms with van der Waals surface area (Å²) in [5, 5.41) is 0.886. The molecular weight excluding hydrogens is 536 g/mol. The number of hydrogen-bond acceptors (Lipinski definition) is 3. The molecule has 0 amide bonds. The highest BCUT2D eigenvalue weighted by Gasteiger charge is 2.20. The zero-order valence-corrected chi connectivity index (χ0v) is 23.0. The molecule has 7 aromatic rings. The third-order valence-corrected chi connectivity index (χ3v) is 7.37. The van der Waals surface area contributed by atoms with E-state index in [1.807, 2.05) is 109 Å². The summed E-state index contributed by atoms with van der Waals surface area (Å²) in [6.45, 7) is 0. The van der Waals surface area contributed by atoms with Gasteiger partial charge in [-0.05, 0) is 65.7 Å². The van der Waals surface area contributed by atoms with E-state index in [0.717, 1.165) is 55.9 Å². The van der Waals surface area contributed by atoms with Gasteiger partial charge in [0.1, 0.15) is 11.6 Å². The first-order valence-corrected chi connectivity index (χ1v) is 14.0. The lowest BCUT2D eigenvalue weighted by Crippen LogP contribution is -2.11. The van der Waals surface area contributed by atoms with Crippen LogP contribution < -0.4 is 4.90 Å². The molecular formula is C38H25F2N3. The average molecular weight is 562 g/mol. The van der Waals surface area contributed by atoms with E-state index in [-0.39, 0.29) is 11.6 Å². The van der Waals surface area contributed by atoms with Crippen molar-refractivity contribution in [2.45, 2.75) is 0 Å². The zero-order chi connectivity index (χ0) is 29.2. The van der Waals surface area contributed by atoms with Crippen LogP contribution in [0.5, 0.6) is 0 Å². The van der Waals surface area contributed by atoms with Crippen LogP contribution >= 0.6 is 0 Å². The topological polar surface area (TPSA) is 29.0 Å². The van der Waals surface area contributed by atoms with Gasteiger partial charge in [-0.2, -0.15) is 0 Å². The minimum Gasteiger partial charge on any atom is -0.308 e. The quantitative estimate of drug-likeness (QED) is 0.202. The Bertz CT molecular complexity index is 2040. The van der Waals surface area contributed by atoms with E-state index >= 15 is 0 Å². The molecule has 0 spiro atoms. The monoisotopic (exact) mass is 561 g/mol. The van der Waals surface area contributed by atoms with Crippen molar-refractivity contribution in [3.05, 3.63) is 163 Å². The summed E-state index contributed by atoms with van der Waals surface area (Å²) >= 11 is 0. The van der Waals surface area contributed by atoms with Gasteiger partial charge in [0.2, 0.25) is 0 Å². The van der Waals surface area contributed by atoms with Crippen LogP contribution in [0.4, 0.5) is 25.8 Å². The maximum absolute atomic E-state index is 14.1. The second-order valence-electron chi connectivity index (χ2n) is 10.2. The second-order valence-corrected chi connectivity index (χ2v) is 10.2. The Balaban J connectivity index is 1.50. The van der Waals surface area contributed by atoms with Crippen molar-refractivity contribution < 1.29 is 8.78 Å². The van der Waals surface area contributed by atoms with E-state index in [0.29, 0.717) is 5.82 Å². The fourth-order valence-electron chi connectivity index (χ4n) is 5.36. The molecule has 0 unspecified atom stereocenters. The summed E-state index contributed by atoms with van der Waals surface area (Å²) in [6, 6.07) is 46.8. The minimum absolute atomic E-state index is 0.300. The van der Waals surface area contributed by atoms with Gasteiger partial charge >= 0.3 is 0 Å². The highest BCUT2D eigenvalue weighted by atomic mass is 19.1. The molecule has 0 aliphatic carbocycles. The minimum atomic E-state index is -0.324. The Labute approximate surface area is 248 Å². The first-order chi connectivity index (χ1) is 21.1. The standard InChI is InChI=1S/C38H25F2N3/c39-30-20-22-32(23-21-30)43(33-17-8-15-29(25-33)28-14-7-16-31(40)24-28)35-19-9-18-34-36(26-10-3-1-4-11-26)41-38(42-37(34)35)27-12-5-2-6-13-27/h1-25H. The van der Waals surface area contributed by atoms with Crippen LogP contribution in [0.2, 0.25) is 0 Å². The molecule has 0 aliphatic rings. The molecule has 43 heavy (non-hydrogen) atoms. The molecule has 0 saturated heterocycles. The largest absolute Gasteiger partial charge is 0.308 e. The Morgan fingerprint density at radius 2 is 1.07 bits per heavy atom. The number of halogens is 2. The Morgan fingerprint density at radius 3 is 1.79 bits per heavy atom. The third kappa shape index (κ3) is 5.24. The van der Waals surface area contributed by atoms with Crippen molar-refractivity contribution in [3.8, 4) is 33.8 Å². The first-order valence-electron chi connectivity index (χ1n) is 14.0. The van der Waals surface area contributed by atoms with Gasteiger partial charge in [0.05, 0.1) is 16.9 Å². The molecule has 0 aliphatic heterocycles. The lowest BCUT2D eigenvalue weighted by atomic mass is 10.0. The predicted octanol–water partition coefficient (Wildman–Crippen LogP) is 10.4. The van der Waals surface area contributed by atoms with Crippen LogP contribution in [0.15, 0.2) is 152 Å². The first kappa shape index (κ1) is 26.2. The van der Waals surface area contributed by atoms with Crippen molar-refractivity contribution in [2.75, 3.05) is 4.90 Å². The summed E-state index contributed by atoms with van der Waals surface area (Å²) in [6.07, 6.45) is 0. The fourth-order valence-corrected chi connectivity index (χ4v) is 5.36. The number of benzene rings is 6. The van der Waals surface area contributed by atoms with Crippen LogP contribution in [-0.4, -0.2) is 9.97 Å². The number of anilines is 3. The van der Waals surface area contributed by atoms with Gasteiger partial charge in [-0.25, -0.2) is 18.7 Å². The van der Waals surface area contributed by atoms with Gasteiger partial charge in [-0.1, -0.05) is 97.1 Å². The van der Waals surface area contributed by atoms with E-state index in [9.17, 15) is 8.78 Å².